The number of morpholine rings is 1. The number of hydrogen-bond donors (Lipinski definition) is 0. The van der Waals surface area contributed by atoms with E-state index in [4.69, 9.17) is 4.74 Å². The molecule has 1 saturated carbocycles. The summed E-state index contributed by atoms with van der Waals surface area (Å²) in [5.74, 6) is 0.429. The zero-order valence-corrected chi connectivity index (χ0v) is 14.9. The first-order chi connectivity index (χ1) is 12.0. The van der Waals surface area contributed by atoms with Crippen molar-refractivity contribution < 1.29 is 17.5 Å². The fourth-order valence-corrected chi connectivity index (χ4v) is 7.07. The van der Waals surface area contributed by atoms with Crippen LogP contribution in [0.1, 0.15) is 18.4 Å². The zero-order chi connectivity index (χ0) is 17.2. The molecule has 3 aliphatic heterocycles. The molecule has 0 aromatic heterocycles. The van der Waals surface area contributed by atoms with Gasteiger partial charge in [0, 0.05) is 38.6 Å². The Bertz CT molecular complexity index is 765. The Hall–Kier alpha value is -1.02. The Morgan fingerprint density at radius 2 is 1.80 bits per heavy atom. The van der Waals surface area contributed by atoms with Crippen LogP contribution in [0.15, 0.2) is 24.3 Å². The number of fused-ring (bicyclic) bond motifs is 5. The molecule has 4 fully saturated rings. The van der Waals surface area contributed by atoms with Crippen LogP contribution in [0.3, 0.4) is 0 Å². The van der Waals surface area contributed by atoms with Crippen LogP contribution in [0, 0.1) is 17.7 Å². The molecule has 2 bridgehead atoms. The molecule has 0 spiro atoms. The SMILES string of the molecule is O=S1(=O)[C@H]2[C@H](CN1CC1CC1)[C@H]1CN(Cc3ccc(F)cc3)C[C@H]2O1. The first kappa shape index (κ1) is 16.2. The number of hydrogen-bond acceptors (Lipinski definition) is 4. The molecule has 1 aromatic rings. The van der Waals surface area contributed by atoms with Gasteiger partial charge in [-0.3, -0.25) is 4.90 Å². The van der Waals surface area contributed by atoms with E-state index >= 15 is 0 Å². The van der Waals surface area contributed by atoms with E-state index in [0.29, 0.717) is 32.1 Å². The van der Waals surface area contributed by atoms with Gasteiger partial charge in [0.2, 0.25) is 10.0 Å². The summed E-state index contributed by atoms with van der Waals surface area (Å²) in [5, 5.41) is -0.380. The van der Waals surface area contributed by atoms with Crippen LogP contribution in [0.4, 0.5) is 4.39 Å². The van der Waals surface area contributed by atoms with Gasteiger partial charge in [-0.05, 0) is 36.5 Å². The first-order valence-electron chi connectivity index (χ1n) is 9.12. The molecule has 4 atom stereocenters. The monoisotopic (exact) mass is 366 g/mol. The Morgan fingerprint density at radius 3 is 2.52 bits per heavy atom. The predicted octanol–water partition coefficient (Wildman–Crippen LogP) is 1.45. The quantitative estimate of drug-likeness (QED) is 0.809. The van der Waals surface area contributed by atoms with Crippen LogP contribution in [0.5, 0.6) is 0 Å². The van der Waals surface area contributed by atoms with Crippen molar-refractivity contribution in [2.75, 3.05) is 26.2 Å². The average molecular weight is 366 g/mol. The van der Waals surface area contributed by atoms with E-state index in [-0.39, 0.29) is 29.2 Å². The molecule has 3 saturated heterocycles. The van der Waals surface area contributed by atoms with Crippen LogP contribution in [-0.2, 0) is 21.3 Å². The van der Waals surface area contributed by atoms with Gasteiger partial charge >= 0.3 is 0 Å². The molecule has 3 heterocycles. The fourth-order valence-electron chi connectivity index (χ4n) is 4.69. The minimum absolute atomic E-state index is 0.0109. The van der Waals surface area contributed by atoms with E-state index in [1.54, 1.807) is 16.4 Å². The Kier molecular flexibility index (Phi) is 3.71. The van der Waals surface area contributed by atoms with Gasteiger partial charge < -0.3 is 4.74 Å². The zero-order valence-electron chi connectivity index (χ0n) is 14.1. The van der Waals surface area contributed by atoms with Crippen molar-refractivity contribution in [1.29, 1.82) is 0 Å². The summed E-state index contributed by atoms with van der Waals surface area (Å²) in [6.07, 6.45) is 2.08. The highest BCUT2D eigenvalue weighted by Crippen LogP contribution is 2.44. The highest BCUT2D eigenvalue weighted by Gasteiger charge is 2.60. The van der Waals surface area contributed by atoms with E-state index in [1.807, 2.05) is 0 Å². The summed E-state index contributed by atoms with van der Waals surface area (Å²) in [6, 6.07) is 6.53. The van der Waals surface area contributed by atoms with Crippen molar-refractivity contribution >= 4 is 10.0 Å². The molecular weight excluding hydrogens is 343 g/mol. The number of nitrogens with zero attached hydrogens (tertiary/aromatic N) is 2. The molecule has 1 aromatic carbocycles. The molecule has 5 rings (SSSR count). The molecule has 0 unspecified atom stereocenters. The van der Waals surface area contributed by atoms with Crippen molar-refractivity contribution in [2.24, 2.45) is 11.8 Å². The Morgan fingerprint density at radius 1 is 1.08 bits per heavy atom. The summed E-state index contributed by atoms with van der Waals surface area (Å²) in [7, 11) is -3.24. The van der Waals surface area contributed by atoms with Gasteiger partial charge in [-0.25, -0.2) is 17.1 Å². The van der Waals surface area contributed by atoms with Crippen LogP contribution >= 0.6 is 0 Å². The second-order valence-electron chi connectivity index (χ2n) is 7.97. The molecule has 7 heteroatoms. The summed E-state index contributed by atoms with van der Waals surface area (Å²) in [4.78, 5) is 2.26. The number of benzene rings is 1. The third-order valence-corrected chi connectivity index (χ3v) is 8.45. The van der Waals surface area contributed by atoms with Crippen molar-refractivity contribution in [3.05, 3.63) is 35.6 Å². The lowest BCUT2D eigenvalue weighted by atomic mass is 10.00. The fraction of sp³-hybridized carbons (Fsp3) is 0.667. The second-order valence-corrected chi connectivity index (χ2v) is 10.1. The molecule has 136 valence electrons. The van der Waals surface area contributed by atoms with Gasteiger partial charge in [-0.2, -0.15) is 0 Å². The molecule has 4 aliphatic rings. The number of likely N-dealkylation sites (tertiary alicyclic amines) is 1. The summed E-state index contributed by atoms with van der Waals surface area (Å²) in [5.41, 5.74) is 1.05. The predicted molar refractivity (Wildman–Crippen MR) is 90.8 cm³/mol. The van der Waals surface area contributed by atoms with Crippen molar-refractivity contribution in [1.82, 2.24) is 9.21 Å². The van der Waals surface area contributed by atoms with Crippen LogP contribution in [0.25, 0.3) is 0 Å². The number of sulfonamides is 1. The van der Waals surface area contributed by atoms with Gasteiger partial charge in [0.05, 0.1) is 12.2 Å². The smallest absolute Gasteiger partial charge is 0.220 e. The Labute approximate surface area is 147 Å². The summed E-state index contributed by atoms with van der Waals surface area (Å²) in [6.45, 7) is 3.42. The lowest BCUT2D eigenvalue weighted by Crippen LogP contribution is -2.47. The lowest BCUT2D eigenvalue weighted by molar-refractivity contribution is -0.0510. The second kappa shape index (κ2) is 5.74. The number of rotatable bonds is 4. The molecule has 5 nitrogen and oxygen atoms in total. The molecule has 1 aliphatic carbocycles. The summed E-state index contributed by atoms with van der Waals surface area (Å²) < 4.78 is 46.8. The van der Waals surface area contributed by atoms with E-state index in [2.05, 4.69) is 4.90 Å². The van der Waals surface area contributed by atoms with E-state index in [0.717, 1.165) is 24.9 Å². The third-order valence-electron chi connectivity index (χ3n) is 6.09. The number of halogens is 1. The van der Waals surface area contributed by atoms with Gasteiger partial charge in [-0.1, -0.05) is 12.1 Å². The van der Waals surface area contributed by atoms with Crippen LogP contribution in [0.2, 0.25) is 0 Å². The highest BCUT2D eigenvalue weighted by molar-refractivity contribution is 7.90. The van der Waals surface area contributed by atoms with Gasteiger partial charge in [0.1, 0.15) is 11.1 Å². The van der Waals surface area contributed by atoms with Gasteiger partial charge in [0.25, 0.3) is 0 Å². The van der Waals surface area contributed by atoms with Crippen molar-refractivity contribution in [3.63, 3.8) is 0 Å². The van der Waals surface area contributed by atoms with E-state index < -0.39 is 10.0 Å². The van der Waals surface area contributed by atoms with Crippen LogP contribution < -0.4 is 0 Å². The molecule has 0 radical (unpaired) electrons. The minimum atomic E-state index is -3.24. The highest BCUT2D eigenvalue weighted by atomic mass is 32.2. The standard InChI is InChI=1S/C18H23FN2O3S/c19-14-5-3-12(4-6-14)7-20-10-16-15-9-21(8-13-1-2-13)25(22,23)18(15)17(11-20)24-16/h3-6,13,15-18H,1-2,7-11H2/t15-,16-,17-,18+/m1/s1. The number of ether oxygens (including phenoxy) is 1. The Balaban J connectivity index is 1.31. The lowest BCUT2D eigenvalue weighted by Gasteiger charge is -2.34. The minimum Gasteiger partial charge on any atom is -0.371 e. The first-order valence-corrected chi connectivity index (χ1v) is 10.6. The largest absolute Gasteiger partial charge is 0.371 e. The van der Waals surface area contributed by atoms with E-state index in [1.165, 1.54) is 12.1 Å². The van der Waals surface area contributed by atoms with E-state index in [9.17, 15) is 12.8 Å². The maximum Gasteiger partial charge on any atom is 0.220 e. The molecule has 25 heavy (non-hydrogen) atoms. The van der Waals surface area contributed by atoms with Crippen LogP contribution in [-0.4, -0.2) is 61.3 Å². The maximum absolute atomic E-state index is 13.1. The summed E-state index contributed by atoms with van der Waals surface area (Å²) >= 11 is 0. The molecule has 0 N–H and O–H groups in total. The normalized spacial score (nSPS) is 37.3. The molecular formula is C18H23FN2O3S. The van der Waals surface area contributed by atoms with Crippen molar-refractivity contribution in [3.8, 4) is 0 Å². The maximum atomic E-state index is 13.1. The third kappa shape index (κ3) is 2.81. The average Bonchev–Trinajstić information content (AvgIpc) is 3.29. The topological polar surface area (TPSA) is 49.9 Å². The van der Waals surface area contributed by atoms with Gasteiger partial charge in [0.15, 0.2) is 0 Å². The van der Waals surface area contributed by atoms with Gasteiger partial charge in [-0.15, -0.1) is 0 Å². The molecule has 0 amide bonds. The van der Waals surface area contributed by atoms with Crippen molar-refractivity contribution in [2.45, 2.75) is 36.8 Å².